The van der Waals surface area contributed by atoms with Gasteiger partial charge in [0.05, 0.1) is 12.8 Å². The Hall–Kier alpha value is -2.34. The molecule has 112 valence electrons. The molecule has 2 amide bonds. The van der Waals surface area contributed by atoms with Crippen LogP contribution >= 0.6 is 0 Å². The van der Waals surface area contributed by atoms with E-state index in [1.165, 1.54) is 19.3 Å². The number of aliphatic hydroxyl groups is 1. The molecule has 6 heteroatoms. The van der Waals surface area contributed by atoms with Gasteiger partial charge in [-0.15, -0.1) is 0 Å². The van der Waals surface area contributed by atoms with Gasteiger partial charge in [-0.25, -0.2) is 9.18 Å². The van der Waals surface area contributed by atoms with Gasteiger partial charge < -0.3 is 20.2 Å². The predicted molar refractivity (Wildman–Crippen MR) is 76.4 cm³/mol. The van der Waals surface area contributed by atoms with Crippen molar-refractivity contribution in [2.45, 2.75) is 19.4 Å². The molecule has 0 fully saturated rings. The summed E-state index contributed by atoms with van der Waals surface area (Å²) in [5.41, 5.74) is -0.478. The molecule has 1 heterocycles. The molecular weight excluding hydrogens is 275 g/mol. The lowest BCUT2D eigenvalue weighted by molar-refractivity contribution is 0.0372. The first-order valence-corrected chi connectivity index (χ1v) is 6.46. The van der Waals surface area contributed by atoms with Crippen LogP contribution in [0.25, 0.3) is 0 Å². The second-order valence-electron chi connectivity index (χ2n) is 5.02. The second kappa shape index (κ2) is 5.97. The van der Waals surface area contributed by atoms with Crippen molar-refractivity contribution in [2.75, 3.05) is 11.9 Å². The van der Waals surface area contributed by atoms with Crippen molar-refractivity contribution in [2.24, 2.45) is 0 Å². The highest BCUT2D eigenvalue weighted by Gasteiger charge is 2.26. The van der Waals surface area contributed by atoms with E-state index in [-0.39, 0.29) is 6.54 Å². The lowest BCUT2D eigenvalue weighted by atomic mass is 10.0. The molecule has 0 bridgehead atoms. The van der Waals surface area contributed by atoms with Crippen LogP contribution in [-0.2, 0) is 5.60 Å². The van der Waals surface area contributed by atoms with Crippen molar-refractivity contribution in [3.8, 4) is 0 Å². The molecule has 21 heavy (non-hydrogen) atoms. The number of carbonyl (C=O) groups excluding carboxylic acids is 1. The standard InChI is InChI=1S/C15H17FN2O3/c1-10-5-6-11(8-12(10)16)18-14(19)17-9-15(2,20)13-4-3-7-21-13/h3-8,20H,9H2,1-2H3,(H2,17,18,19). The number of hydrogen-bond acceptors (Lipinski definition) is 3. The lowest BCUT2D eigenvalue weighted by Gasteiger charge is -2.21. The first-order valence-electron chi connectivity index (χ1n) is 6.46. The van der Waals surface area contributed by atoms with E-state index in [1.807, 2.05) is 0 Å². The van der Waals surface area contributed by atoms with Crippen LogP contribution in [0.2, 0.25) is 0 Å². The van der Waals surface area contributed by atoms with Gasteiger partial charge in [0.25, 0.3) is 0 Å². The molecule has 0 saturated heterocycles. The average molecular weight is 292 g/mol. The lowest BCUT2D eigenvalue weighted by Crippen LogP contribution is -2.40. The highest BCUT2D eigenvalue weighted by molar-refractivity contribution is 5.89. The number of carbonyl (C=O) groups is 1. The van der Waals surface area contributed by atoms with E-state index in [1.54, 1.807) is 31.2 Å². The maximum Gasteiger partial charge on any atom is 0.319 e. The predicted octanol–water partition coefficient (Wildman–Crippen LogP) is 2.76. The maximum atomic E-state index is 13.4. The van der Waals surface area contributed by atoms with Gasteiger partial charge in [0, 0.05) is 5.69 Å². The maximum absolute atomic E-state index is 13.4. The molecule has 3 N–H and O–H groups in total. The van der Waals surface area contributed by atoms with E-state index in [0.29, 0.717) is 17.0 Å². The Bertz CT molecular complexity index is 624. The van der Waals surface area contributed by atoms with Gasteiger partial charge in [0.2, 0.25) is 0 Å². The van der Waals surface area contributed by atoms with E-state index in [0.717, 1.165) is 0 Å². The molecule has 0 aliphatic heterocycles. The number of anilines is 1. The van der Waals surface area contributed by atoms with Gasteiger partial charge in [0.15, 0.2) is 0 Å². The van der Waals surface area contributed by atoms with Gasteiger partial charge >= 0.3 is 6.03 Å². The summed E-state index contributed by atoms with van der Waals surface area (Å²) < 4.78 is 18.5. The summed E-state index contributed by atoms with van der Waals surface area (Å²) in [4.78, 5) is 11.7. The van der Waals surface area contributed by atoms with E-state index in [9.17, 15) is 14.3 Å². The van der Waals surface area contributed by atoms with Crippen molar-refractivity contribution in [1.82, 2.24) is 5.32 Å². The highest BCUT2D eigenvalue weighted by atomic mass is 19.1. The normalized spacial score (nSPS) is 13.5. The minimum Gasteiger partial charge on any atom is -0.466 e. The number of halogens is 1. The topological polar surface area (TPSA) is 74.5 Å². The molecule has 0 aliphatic carbocycles. The third kappa shape index (κ3) is 3.82. The molecule has 1 aromatic carbocycles. The molecule has 0 radical (unpaired) electrons. The van der Waals surface area contributed by atoms with Crippen molar-refractivity contribution in [3.05, 3.63) is 53.7 Å². The van der Waals surface area contributed by atoms with Crippen molar-refractivity contribution < 1.29 is 18.7 Å². The number of rotatable bonds is 4. The zero-order valence-corrected chi connectivity index (χ0v) is 11.8. The number of benzene rings is 1. The van der Waals surface area contributed by atoms with Gasteiger partial charge in [-0.2, -0.15) is 0 Å². The van der Waals surface area contributed by atoms with Crippen LogP contribution in [0.15, 0.2) is 41.0 Å². The SMILES string of the molecule is Cc1ccc(NC(=O)NCC(C)(O)c2ccco2)cc1F. The van der Waals surface area contributed by atoms with E-state index in [2.05, 4.69) is 10.6 Å². The summed E-state index contributed by atoms with van der Waals surface area (Å²) in [6, 6.07) is 7.14. The van der Waals surface area contributed by atoms with Crippen molar-refractivity contribution in [1.29, 1.82) is 0 Å². The third-order valence-electron chi connectivity index (χ3n) is 3.07. The smallest absolute Gasteiger partial charge is 0.319 e. The zero-order chi connectivity index (χ0) is 15.5. The summed E-state index contributed by atoms with van der Waals surface area (Å²) in [7, 11) is 0. The third-order valence-corrected chi connectivity index (χ3v) is 3.07. The molecule has 0 aliphatic rings. The number of hydrogen-bond donors (Lipinski definition) is 3. The van der Waals surface area contributed by atoms with E-state index in [4.69, 9.17) is 4.42 Å². The molecule has 0 spiro atoms. The minimum atomic E-state index is -1.32. The Balaban J connectivity index is 1.91. The van der Waals surface area contributed by atoms with Gasteiger partial charge in [-0.1, -0.05) is 6.07 Å². The Morgan fingerprint density at radius 2 is 2.19 bits per heavy atom. The fourth-order valence-corrected chi connectivity index (χ4v) is 1.77. The fraction of sp³-hybridized carbons (Fsp3) is 0.267. The Labute approximate surface area is 121 Å². The van der Waals surface area contributed by atoms with Crippen LogP contribution in [0.5, 0.6) is 0 Å². The first kappa shape index (κ1) is 15.1. The summed E-state index contributed by atoms with van der Waals surface area (Å²) >= 11 is 0. The van der Waals surface area contributed by atoms with E-state index >= 15 is 0 Å². The number of amides is 2. The monoisotopic (exact) mass is 292 g/mol. The van der Waals surface area contributed by atoms with Gasteiger partial charge in [-0.05, 0) is 43.7 Å². The van der Waals surface area contributed by atoms with Crippen molar-refractivity contribution in [3.63, 3.8) is 0 Å². The summed E-state index contributed by atoms with van der Waals surface area (Å²) in [6.45, 7) is 3.12. The molecule has 2 aromatic rings. The minimum absolute atomic E-state index is 0.0410. The molecular formula is C15H17FN2O3. The van der Waals surface area contributed by atoms with E-state index < -0.39 is 17.4 Å². The highest BCUT2D eigenvalue weighted by Crippen LogP contribution is 2.20. The van der Waals surface area contributed by atoms with Gasteiger partial charge in [0.1, 0.15) is 17.2 Å². The average Bonchev–Trinajstić information content (AvgIpc) is 2.96. The fourth-order valence-electron chi connectivity index (χ4n) is 1.77. The number of aryl methyl sites for hydroxylation is 1. The number of nitrogens with one attached hydrogen (secondary N) is 2. The van der Waals surface area contributed by atoms with Crippen LogP contribution in [0, 0.1) is 12.7 Å². The Morgan fingerprint density at radius 3 is 2.81 bits per heavy atom. The summed E-state index contributed by atoms with van der Waals surface area (Å²) in [5.74, 6) is -0.0421. The van der Waals surface area contributed by atoms with Crippen LogP contribution in [0.1, 0.15) is 18.2 Å². The van der Waals surface area contributed by atoms with Gasteiger partial charge in [-0.3, -0.25) is 0 Å². The first-order chi connectivity index (χ1) is 9.88. The largest absolute Gasteiger partial charge is 0.466 e. The molecule has 0 saturated carbocycles. The van der Waals surface area contributed by atoms with Crippen LogP contribution in [0.3, 0.4) is 0 Å². The summed E-state index contributed by atoms with van der Waals surface area (Å²) in [6.07, 6.45) is 1.44. The Morgan fingerprint density at radius 1 is 1.43 bits per heavy atom. The molecule has 1 unspecified atom stereocenters. The molecule has 2 rings (SSSR count). The zero-order valence-electron chi connectivity index (χ0n) is 11.8. The van der Waals surface area contributed by atoms with Crippen LogP contribution < -0.4 is 10.6 Å². The van der Waals surface area contributed by atoms with Crippen LogP contribution in [0.4, 0.5) is 14.9 Å². The summed E-state index contributed by atoms with van der Waals surface area (Å²) in [5, 5.41) is 15.2. The molecule has 1 aromatic heterocycles. The Kier molecular flexibility index (Phi) is 4.28. The second-order valence-corrected chi connectivity index (χ2v) is 5.02. The molecule has 1 atom stereocenters. The molecule has 5 nitrogen and oxygen atoms in total. The quantitative estimate of drug-likeness (QED) is 0.811. The number of furan rings is 1. The number of urea groups is 1. The van der Waals surface area contributed by atoms with Crippen LogP contribution in [-0.4, -0.2) is 17.7 Å². The van der Waals surface area contributed by atoms with Crippen molar-refractivity contribution >= 4 is 11.7 Å².